The van der Waals surface area contributed by atoms with E-state index in [1.807, 2.05) is 0 Å². The summed E-state index contributed by atoms with van der Waals surface area (Å²) in [7, 11) is 0. The van der Waals surface area contributed by atoms with E-state index >= 15 is 0 Å². The number of pyridine rings is 1. The van der Waals surface area contributed by atoms with Crippen molar-refractivity contribution in [2.24, 2.45) is 0 Å². The van der Waals surface area contributed by atoms with Crippen LogP contribution < -0.4 is 5.11 Å². The highest BCUT2D eigenvalue weighted by atomic mass is 16.5. The van der Waals surface area contributed by atoms with Crippen LogP contribution in [0.4, 0.5) is 0 Å². The largest absolute Gasteiger partial charge is 0.856 e. The number of hydrogen-bond acceptors (Lipinski definition) is 4. The number of hydrogen-bond donors (Lipinski definition) is 0. The van der Waals surface area contributed by atoms with Gasteiger partial charge in [0.25, 0.3) is 5.71 Å². The fourth-order valence-electron chi connectivity index (χ4n) is 0.760. The molecule has 2 aromatic rings. The van der Waals surface area contributed by atoms with Gasteiger partial charge in [-0.05, 0) is 12.1 Å². The van der Waals surface area contributed by atoms with Crippen molar-refractivity contribution < 1.29 is 9.63 Å². The van der Waals surface area contributed by atoms with E-state index in [4.69, 9.17) is 0 Å². The standard InChI is InChI=1S/C6H4N2O2/c9-5-4-2-1-3-7-6(4)10-8-5/h1-3H,(H,8,9)/p-1. The number of nitrogens with zero attached hydrogens (tertiary/aromatic N) is 2. The first kappa shape index (κ1) is 5.22. The molecule has 50 valence electrons. The highest BCUT2D eigenvalue weighted by Gasteiger charge is 1.97. The predicted octanol–water partition coefficient (Wildman–Crippen LogP) is 0.296. The lowest BCUT2D eigenvalue weighted by Crippen LogP contribution is -1.88. The van der Waals surface area contributed by atoms with Gasteiger partial charge in [-0.15, -0.1) is 0 Å². The Bertz CT molecular complexity index is 355. The summed E-state index contributed by atoms with van der Waals surface area (Å²) in [6, 6.07) is 3.29. The average molecular weight is 135 g/mol. The molecule has 4 heteroatoms. The van der Waals surface area contributed by atoms with Crippen molar-refractivity contribution in [2.75, 3.05) is 0 Å². The lowest BCUT2D eigenvalue weighted by atomic mass is 10.4. The first-order valence-electron chi connectivity index (χ1n) is 2.75. The zero-order chi connectivity index (χ0) is 6.97. The quantitative estimate of drug-likeness (QED) is 0.521. The second-order valence-electron chi connectivity index (χ2n) is 1.84. The summed E-state index contributed by atoms with van der Waals surface area (Å²) >= 11 is 0. The van der Waals surface area contributed by atoms with E-state index in [2.05, 4.69) is 14.7 Å². The zero-order valence-electron chi connectivity index (χ0n) is 4.94. The molecule has 0 saturated heterocycles. The van der Waals surface area contributed by atoms with Crippen molar-refractivity contribution in [2.45, 2.75) is 0 Å². The molecule has 10 heavy (non-hydrogen) atoms. The third-order valence-electron chi connectivity index (χ3n) is 1.22. The fourth-order valence-corrected chi connectivity index (χ4v) is 0.760. The van der Waals surface area contributed by atoms with E-state index in [0.717, 1.165) is 0 Å². The third-order valence-corrected chi connectivity index (χ3v) is 1.22. The van der Waals surface area contributed by atoms with Gasteiger partial charge < -0.3 is 9.63 Å². The summed E-state index contributed by atoms with van der Waals surface area (Å²) < 4.78 is 4.58. The Morgan fingerprint density at radius 1 is 1.50 bits per heavy atom. The molecule has 0 spiro atoms. The molecule has 0 aliphatic heterocycles. The van der Waals surface area contributed by atoms with Gasteiger partial charge in [0.2, 0.25) is 0 Å². The van der Waals surface area contributed by atoms with Crippen LogP contribution in [-0.2, 0) is 0 Å². The van der Waals surface area contributed by atoms with Gasteiger partial charge in [-0.25, -0.2) is 4.98 Å². The maximum absolute atomic E-state index is 10.7. The van der Waals surface area contributed by atoms with Crippen LogP contribution in [0.1, 0.15) is 0 Å². The smallest absolute Gasteiger partial charge is 0.256 e. The Labute approximate surface area is 56.1 Å². The van der Waals surface area contributed by atoms with E-state index in [-0.39, 0.29) is 5.88 Å². The van der Waals surface area contributed by atoms with Crippen LogP contribution in [0.2, 0.25) is 0 Å². The molecular formula is C6H3N2O2-. The molecule has 0 amide bonds. The summed E-state index contributed by atoms with van der Waals surface area (Å²) in [5.41, 5.74) is 0.299. The van der Waals surface area contributed by atoms with Gasteiger partial charge in [0.05, 0.1) is 5.39 Å². The molecule has 0 bridgehead atoms. The van der Waals surface area contributed by atoms with Crippen LogP contribution in [0.5, 0.6) is 5.88 Å². The molecule has 0 radical (unpaired) electrons. The average Bonchev–Trinajstić information content (AvgIpc) is 2.34. The summed E-state index contributed by atoms with van der Waals surface area (Å²) in [5.74, 6) is -0.358. The second-order valence-corrected chi connectivity index (χ2v) is 1.84. The molecule has 0 aliphatic carbocycles. The van der Waals surface area contributed by atoms with Gasteiger partial charge in [0, 0.05) is 12.1 Å². The van der Waals surface area contributed by atoms with Crippen LogP contribution in [0.3, 0.4) is 0 Å². The van der Waals surface area contributed by atoms with Gasteiger partial charge >= 0.3 is 0 Å². The van der Waals surface area contributed by atoms with E-state index in [0.29, 0.717) is 11.1 Å². The molecule has 2 heterocycles. The molecule has 4 nitrogen and oxygen atoms in total. The zero-order valence-corrected chi connectivity index (χ0v) is 4.94. The molecule has 0 saturated carbocycles. The summed E-state index contributed by atoms with van der Waals surface area (Å²) in [6.07, 6.45) is 1.55. The van der Waals surface area contributed by atoms with Crippen molar-refractivity contribution in [1.29, 1.82) is 0 Å². The molecule has 0 unspecified atom stereocenters. The Morgan fingerprint density at radius 2 is 2.40 bits per heavy atom. The van der Waals surface area contributed by atoms with Gasteiger partial charge in [-0.1, -0.05) is 5.16 Å². The Hall–Kier alpha value is -1.58. The predicted molar refractivity (Wildman–Crippen MR) is 31.2 cm³/mol. The monoisotopic (exact) mass is 135 g/mol. The van der Waals surface area contributed by atoms with Crippen LogP contribution in [-0.4, -0.2) is 10.1 Å². The molecule has 0 atom stereocenters. The second kappa shape index (κ2) is 1.70. The first-order valence-corrected chi connectivity index (χ1v) is 2.75. The minimum absolute atomic E-state index is 0.299. The molecular weight excluding hydrogens is 132 g/mol. The van der Waals surface area contributed by atoms with Gasteiger partial charge in [-0.2, -0.15) is 0 Å². The van der Waals surface area contributed by atoms with Crippen LogP contribution in [0, 0.1) is 0 Å². The molecule has 0 fully saturated rings. The van der Waals surface area contributed by atoms with Gasteiger partial charge in [0.15, 0.2) is 0 Å². The Kier molecular flexibility index (Phi) is 0.887. The van der Waals surface area contributed by atoms with Crippen molar-refractivity contribution in [3.8, 4) is 5.88 Å². The topological polar surface area (TPSA) is 62.0 Å². The minimum Gasteiger partial charge on any atom is -0.856 e. The molecule has 0 N–H and O–H groups in total. The SMILES string of the molecule is [O-]c1noc2ncccc12. The van der Waals surface area contributed by atoms with Gasteiger partial charge in [0.1, 0.15) is 0 Å². The van der Waals surface area contributed by atoms with E-state index < -0.39 is 0 Å². The van der Waals surface area contributed by atoms with Crippen molar-refractivity contribution in [3.05, 3.63) is 18.3 Å². The van der Waals surface area contributed by atoms with Crippen molar-refractivity contribution in [3.63, 3.8) is 0 Å². The maximum atomic E-state index is 10.7. The fraction of sp³-hybridized carbons (Fsp3) is 0. The highest BCUT2D eigenvalue weighted by molar-refractivity contribution is 5.77. The third kappa shape index (κ3) is 0.556. The van der Waals surface area contributed by atoms with Crippen LogP contribution in [0.15, 0.2) is 22.9 Å². The normalized spacial score (nSPS) is 10.4. The molecule has 0 aliphatic rings. The van der Waals surface area contributed by atoms with Crippen molar-refractivity contribution >= 4 is 11.1 Å². The maximum Gasteiger partial charge on any atom is 0.256 e. The van der Waals surface area contributed by atoms with Crippen molar-refractivity contribution in [1.82, 2.24) is 10.1 Å². The van der Waals surface area contributed by atoms with Gasteiger partial charge in [-0.3, -0.25) is 0 Å². The number of rotatable bonds is 0. The number of fused-ring (bicyclic) bond motifs is 1. The van der Waals surface area contributed by atoms with E-state index in [1.54, 1.807) is 18.3 Å². The highest BCUT2D eigenvalue weighted by Crippen LogP contribution is 2.17. The Morgan fingerprint density at radius 3 is 3.20 bits per heavy atom. The summed E-state index contributed by atoms with van der Waals surface area (Å²) in [4.78, 5) is 3.77. The van der Waals surface area contributed by atoms with E-state index in [9.17, 15) is 5.11 Å². The summed E-state index contributed by atoms with van der Waals surface area (Å²) in [5, 5.41) is 14.4. The lowest BCUT2D eigenvalue weighted by Gasteiger charge is -1.92. The molecule has 2 rings (SSSR count). The number of aromatic nitrogens is 2. The molecule has 0 aromatic carbocycles. The van der Waals surface area contributed by atoms with E-state index in [1.165, 1.54) is 0 Å². The summed E-state index contributed by atoms with van der Waals surface area (Å²) in [6.45, 7) is 0. The first-order chi connectivity index (χ1) is 4.88. The van der Waals surface area contributed by atoms with Crippen LogP contribution in [0.25, 0.3) is 11.1 Å². The lowest BCUT2D eigenvalue weighted by molar-refractivity contribution is -0.274. The van der Waals surface area contributed by atoms with Crippen LogP contribution >= 0.6 is 0 Å². The Balaban J connectivity index is 2.93. The minimum atomic E-state index is -0.358. The molecule has 2 aromatic heterocycles.